The minimum Gasteiger partial charge on any atom is -0.480 e. The van der Waals surface area contributed by atoms with Gasteiger partial charge in [-0.2, -0.15) is 0 Å². The van der Waals surface area contributed by atoms with Crippen LogP contribution in [0.15, 0.2) is 0 Å². The molecule has 0 spiro atoms. The fourth-order valence-corrected chi connectivity index (χ4v) is 2.74. The second-order valence-electron chi connectivity index (χ2n) is 5.38. The van der Waals surface area contributed by atoms with E-state index in [1.807, 2.05) is 6.92 Å². The normalized spacial score (nSPS) is 30.1. The Hall–Kier alpha value is -0.610. The average molecular weight is 214 g/mol. The molecule has 0 aromatic rings. The first kappa shape index (κ1) is 12.5. The lowest BCUT2D eigenvalue weighted by Crippen LogP contribution is -2.54. The molecule has 0 aliphatic carbocycles. The highest BCUT2D eigenvalue weighted by Crippen LogP contribution is 2.34. The number of rotatable bonds is 3. The van der Waals surface area contributed by atoms with E-state index in [1.165, 1.54) is 0 Å². The van der Waals surface area contributed by atoms with Gasteiger partial charge < -0.3 is 10.8 Å². The molecule has 0 bridgehead atoms. The first-order chi connectivity index (χ1) is 6.75. The molecule has 1 saturated heterocycles. The van der Waals surface area contributed by atoms with E-state index >= 15 is 0 Å². The number of hydrogen-bond acceptors (Lipinski definition) is 3. The highest BCUT2D eigenvalue weighted by atomic mass is 16.4. The highest BCUT2D eigenvalue weighted by molar-refractivity contribution is 5.74. The molecule has 0 radical (unpaired) electrons. The van der Waals surface area contributed by atoms with Gasteiger partial charge in [0.25, 0.3) is 0 Å². The van der Waals surface area contributed by atoms with E-state index in [0.29, 0.717) is 5.92 Å². The van der Waals surface area contributed by atoms with Crippen LogP contribution < -0.4 is 5.73 Å². The maximum atomic E-state index is 10.8. The molecule has 1 fully saturated rings. The Morgan fingerprint density at radius 3 is 2.47 bits per heavy atom. The summed E-state index contributed by atoms with van der Waals surface area (Å²) in [6, 6.07) is -0.906. The second-order valence-corrected chi connectivity index (χ2v) is 5.38. The van der Waals surface area contributed by atoms with Crippen LogP contribution in [0.1, 0.15) is 34.1 Å². The molecule has 0 aromatic heterocycles. The Kier molecular flexibility index (Phi) is 3.41. The van der Waals surface area contributed by atoms with Crippen LogP contribution in [0.25, 0.3) is 0 Å². The molecular formula is C11H22N2O2. The van der Waals surface area contributed by atoms with E-state index in [4.69, 9.17) is 10.8 Å². The zero-order valence-electron chi connectivity index (χ0n) is 10.0. The molecule has 0 amide bonds. The van der Waals surface area contributed by atoms with Gasteiger partial charge in [-0.3, -0.25) is 9.69 Å². The Morgan fingerprint density at radius 2 is 2.13 bits per heavy atom. The zero-order valence-corrected chi connectivity index (χ0v) is 10.0. The topological polar surface area (TPSA) is 66.6 Å². The highest BCUT2D eigenvalue weighted by Gasteiger charge is 2.41. The number of carboxylic acid groups (broad SMARTS) is 1. The van der Waals surface area contributed by atoms with E-state index < -0.39 is 12.0 Å². The molecule has 15 heavy (non-hydrogen) atoms. The quantitative estimate of drug-likeness (QED) is 0.732. The van der Waals surface area contributed by atoms with Crippen molar-refractivity contribution in [1.82, 2.24) is 4.90 Å². The van der Waals surface area contributed by atoms with Crippen molar-refractivity contribution in [3.05, 3.63) is 0 Å². The number of carboxylic acids is 1. The summed E-state index contributed by atoms with van der Waals surface area (Å²) in [4.78, 5) is 13.1. The van der Waals surface area contributed by atoms with Gasteiger partial charge in [-0.15, -0.1) is 0 Å². The summed E-state index contributed by atoms with van der Waals surface area (Å²) in [5.74, 6) is -0.304. The molecule has 1 rings (SSSR count). The average Bonchev–Trinajstić information content (AvgIpc) is 2.36. The Balaban J connectivity index is 2.75. The smallest absolute Gasteiger partial charge is 0.322 e. The summed E-state index contributed by atoms with van der Waals surface area (Å²) in [6.07, 6.45) is 1.10. The maximum absolute atomic E-state index is 10.8. The fraction of sp³-hybridized carbons (Fsp3) is 0.909. The largest absolute Gasteiger partial charge is 0.480 e. The van der Waals surface area contributed by atoms with Crippen molar-refractivity contribution in [3.63, 3.8) is 0 Å². The molecule has 1 aliphatic heterocycles. The summed E-state index contributed by atoms with van der Waals surface area (Å²) >= 11 is 0. The van der Waals surface area contributed by atoms with E-state index in [2.05, 4.69) is 25.7 Å². The molecule has 1 aliphatic rings. The van der Waals surface area contributed by atoms with Crippen molar-refractivity contribution in [2.75, 3.05) is 6.54 Å². The first-order valence-electron chi connectivity index (χ1n) is 5.51. The third-order valence-corrected chi connectivity index (χ3v) is 3.43. The van der Waals surface area contributed by atoms with Gasteiger partial charge in [-0.25, -0.2) is 0 Å². The van der Waals surface area contributed by atoms with Crippen molar-refractivity contribution in [2.45, 2.75) is 51.7 Å². The van der Waals surface area contributed by atoms with Crippen molar-refractivity contribution < 1.29 is 9.90 Å². The molecule has 3 unspecified atom stereocenters. The van der Waals surface area contributed by atoms with Crippen LogP contribution in [0.2, 0.25) is 0 Å². The lowest BCUT2D eigenvalue weighted by atomic mass is 9.96. The summed E-state index contributed by atoms with van der Waals surface area (Å²) in [5, 5.41) is 8.90. The van der Waals surface area contributed by atoms with Gasteiger partial charge in [0.1, 0.15) is 6.04 Å². The number of nitrogens with two attached hydrogens (primary N) is 1. The van der Waals surface area contributed by atoms with Gasteiger partial charge in [0, 0.05) is 18.1 Å². The third-order valence-electron chi connectivity index (χ3n) is 3.43. The van der Waals surface area contributed by atoms with Gasteiger partial charge in [-0.05, 0) is 33.1 Å². The van der Waals surface area contributed by atoms with Crippen molar-refractivity contribution in [3.8, 4) is 0 Å². The van der Waals surface area contributed by atoms with Gasteiger partial charge >= 0.3 is 5.97 Å². The van der Waals surface area contributed by atoms with Crippen LogP contribution in [0.5, 0.6) is 0 Å². The molecule has 4 nitrogen and oxygen atoms in total. The Bertz CT molecular complexity index is 253. The van der Waals surface area contributed by atoms with Crippen LogP contribution in [-0.4, -0.2) is 40.1 Å². The minimum atomic E-state index is -0.919. The predicted octanol–water partition coefficient (Wildman–Crippen LogP) is 0.907. The van der Waals surface area contributed by atoms with Crippen LogP contribution in [0.4, 0.5) is 0 Å². The van der Waals surface area contributed by atoms with E-state index in [1.54, 1.807) is 0 Å². The Labute approximate surface area is 91.4 Å². The summed E-state index contributed by atoms with van der Waals surface area (Å²) in [5.41, 5.74) is 5.73. The van der Waals surface area contributed by atoms with Crippen molar-refractivity contribution in [2.24, 2.45) is 11.7 Å². The molecular weight excluding hydrogens is 192 g/mol. The number of aliphatic carboxylic acids is 1. The zero-order chi connectivity index (χ0) is 11.8. The summed E-state index contributed by atoms with van der Waals surface area (Å²) < 4.78 is 0. The van der Waals surface area contributed by atoms with E-state index in [0.717, 1.165) is 13.0 Å². The third kappa shape index (κ3) is 2.49. The first-order valence-corrected chi connectivity index (χ1v) is 5.51. The van der Waals surface area contributed by atoms with Gasteiger partial charge in [0.05, 0.1) is 0 Å². The lowest BCUT2D eigenvalue weighted by Gasteiger charge is -2.38. The number of likely N-dealkylation sites (tertiary alicyclic amines) is 1. The molecule has 3 atom stereocenters. The molecule has 0 aromatic carbocycles. The molecule has 3 N–H and O–H groups in total. The number of hydrogen-bond donors (Lipinski definition) is 2. The van der Waals surface area contributed by atoms with Gasteiger partial charge in [0.2, 0.25) is 0 Å². The standard InChI is InChI=1S/C11H22N2O2/c1-7-5-11(3,4)13(6-7)8(2)9(12)10(14)15/h7-9H,5-6,12H2,1-4H3,(H,14,15). The lowest BCUT2D eigenvalue weighted by molar-refractivity contribution is -0.140. The molecule has 1 heterocycles. The summed E-state index contributed by atoms with van der Waals surface area (Å²) in [7, 11) is 0. The molecule has 0 saturated carbocycles. The fourth-order valence-electron chi connectivity index (χ4n) is 2.74. The van der Waals surface area contributed by atoms with Crippen molar-refractivity contribution >= 4 is 5.97 Å². The molecule has 88 valence electrons. The van der Waals surface area contributed by atoms with Crippen molar-refractivity contribution in [1.29, 1.82) is 0 Å². The Morgan fingerprint density at radius 1 is 1.60 bits per heavy atom. The predicted molar refractivity (Wildman–Crippen MR) is 59.6 cm³/mol. The van der Waals surface area contributed by atoms with Crippen LogP contribution >= 0.6 is 0 Å². The van der Waals surface area contributed by atoms with Gasteiger partial charge in [0.15, 0.2) is 0 Å². The van der Waals surface area contributed by atoms with Gasteiger partial charge in [-0.1, -0.05) is 6.92 Å². The number of carbonyl (C=O) groups is 1. The maximum Gasteiger partial charge on any atom is 0.322 e. The van der Waals surface area contributed by atoms with Crippen LogP contribution in [0, 0.1) is 5.92 Å². The second kappa shape index (κ2) is 4.10. The monoisotopic (exact) mass is 214 g/mol. The minimum absolute atomic E-state index is 0.0614. The summed E-state index contributed by atoms with van der Waals surface area (Å²) in [6.45, 7) is 9.34. The van der Waals surface area contributed by atoms with Crippen LogP contribution in [-0.2, 0) is 4.79 Å². The molecule has 4 heteroatoms. The number of nitrogens with zero attached hydrogens (tertiary/aromatic N) is 1. The van der Waals surface area contributed by atoms with E-state index in [9.17, 15) is 4.79 Å². The van der Waals surface area contributed by atoms with Crippen LogP contribution in [0.3, 0.4) is 0 Å². The SMILES string of the molecule is CC1CN(C(C)C(N)C(=O)O)C(C)(C)C1. The van der Waals surface area contributed by atoms with E-state index in [-0.39, 0.29) is 11.6 Å².